The maximum Gasteiger partial charge on any atom is 0.0334 e. The molecule has 0 bridgehead atoms. The first-order chi connectivity index (χ1) is 6.66. The summed E-state index contributed by atoms with van der Waals surface area (Å²) in [5.74, 6) is 0.967. The zero-order valence-electron chi connectivity index (χ0n) is 9.84. The lowest BCUT2D eigenvalue weighted by Crippen LogP contribution is -2.63. The third-order valence-corrected chi connectivity index (χ3v) is 3.98. The summed E-state index contributed by atoms with van der Waals surface area (Å²) in [5, 5.41) is 3.64. The van der Waals surface area contributed by atoms with Gasteiger partial charge in [0.05, 0.1) is 0 Å². The predicted molar refractivity (Wildman–Crippen MR) is 60.5 cm³/mol. The summed E-state index contributed by atoms with van der Waals surface area (Å²) < 4.78 is 0. The quantitative estimate of drug-likeness (QED) is 0.741. The molecule has 2 rings (SSSR count). The van der Waals surface area contributed by atoms with Gasteiger partial charge in [-0.1, -0.05) is 6.92 Å². The van der Waals surface area contributed by atoms with Crippen LogP contribution in [0.1, 0.15) is 40.0 Å². The molecule has 0 aromatic carbocycles. The molecule has 1 saturated heterocycles. The number of hydrogen-bond acceptors (Lipinski definition) is 2. The minimum Gasteiger partial charge on any atom is -0.311 e. The van der Waals surface area contributed by atoms with Crippen LogP contribution < -0.4 is 5.32 Å². The number of piperazine rings is 1. The lowest BCUT2D eigenvalue weighted by molar-refractivity contribution is 0.0386. The monoisotopic (exact) mass is 196 g/mol. The Balaban J connectivity index is 2.04. The largest absolute Gasteiger partial charge is 0.311 e. The van der Waals surface area contributed by atoms with E-state index < -0.39 is 0 Å². The molecular formula is C12H24N2. The highest BCUT2D eigenvalue weighted by atomic mass is 15.3. The van der Waals surface area contributed by atoms with Crippen molar-refractivity contribution in [3.63, 3.8) is 0 Å². The summed E-state index contributed by atoms with van der Waals surface area (Å²) in [6.07, 6.45) is 4.19. The summed E-state index contributed by atoms with van der Waals surface area (Å²) in [4.78, 5) is 2.73. The van der Waals surface area contributed by atoms with Crippen LogP contribution in [0.15, 0.2) is 0 Å². The highest BCUT2D eigenvalue weighted by Gasteiger charge is 2.47. The number of nitrogens with zero attached hydrogens (tertiary/aromatic N) is 1. The van der Waals surface area contributed by atoms with E-state index in [2.05, 4.69) is 31.0 Å². The molecule has 0 aromatic heterocycles. The lowest BCUT2D eigenvalue weighted by Gasteiger charge is -2.48. The maximum absolute atomic E-state index is 3.64. The zero-order valence-corrected chi connectivity index (χ0v) is 9.84. The molecule has 2 atom stereocenters. The number of rotatable bonds is 3. The van der Waals surface area contributed by atoms with Crippen LogP contribution in [0, 0.1) is 5.92 Å². The van der Waals surface area contributed by atoms with E-state index in [-0.39, 0.29) is 0 Å². The van der Waals surface area contributed by atoms with Gasteiger partial charge in [0.1, 0.15) is 0 Å². The van der Waals surface area contributed by atoms with Crippen LogP contribution in [0.25, 0.3) is 0 Å². The number of nitrogens with one attached hydrogen (secondary N) is 1. The van der Waals surface area contributed by atoms with Crippen LogP contribution in [0.4, 0.5) is 0 Å². The first kappa shape index (κ1) is 10.4. The standard InChI is InChI=1S/C12H24N2/c1-4-7-14-8-10(2)13-9-12(14,3)11-5-6-11/h10-11,13H,4-9H2,1-3H3. The van der Waals surface area contributed by atoms with Crippen molar-refractivity contribution in [1.29, 1.82) is 0 Å². The van der Waals surface area contributed by atoms with Gasteiger partial charge in [0, 0.05) is 24.7 Å². The van der Waals surface area contributed by atoms with E-state index >= 15 is 0 Å². The Kier molecular flexibility index (Phi) is 2.85. The zero-order chi connectivity index (χ0) is 10.2. The minimum absolute atomic E-state index is 0.461. The molecule has 0 radical (unpaired) electrons. The van der Waals surface area contributed by atoms with Gasteiger partial charge in [0.15, 0.2) is 0 Å². The van der Waals surface area contributed by atoms with Crippen LogP contribution in [0.3, 0.4) is 0 Å². The van der Waals surface area contributed by atoms with E-state index in [1.165, 1.54) is 38.9 Å². The summed E-state index contributed by atoms with van der Waals surface area (Å²) in [6, 6.07) is 0.674. The van der Waals surface area contributed by atoms with Crippen LogP contribution in [-0.4, -0.2) is 36.1 Å². The van der Waals surface area contributed by atoms with E-state index in [0.717, 1.165) is 5.92 Å². The Morgan fingerprint density at radius 2 is 2.14 bits per heavy atom. The van der Waals surface area contributed by atoms with Gasteiger partial charge in [0.2, 0.25) is 0 Å². The Morgan fingerprint density at radius 3 is 2.71 bits per heavy atom. The van der Waals surface area contributed by atoms with Gasteiger partial charge in [-0.3, -0.25) is 4.90 Å². The normalized spacial score (nSPS) is 40.1. The van der Waals surface area contributed by atoms with Crippen LogP contribution in [-0.2, 0) is 0 Å². The summed E-state index contributed by atoms with van der Waals surface area (Å²) >= 11 is 0. The van der Waals surface area contributed by atoms with Crippen molar-refractivity contribution in [1.82, 2.24) is 10.2 Å². The average molecular weight is 196 g/mol. The molecule has 14 heavy (non-hydrogen) atoms. The first-order valence-corrected chi connectivity index (χ1v) is 6.15. The molecule has 2 fully saturated rings. The average Bonchev–Trinajstić information content (AvgIpc) is 2.95. The smallest absolute Gasteiger partial charge is 0.0334 e. The Bertz CT molecular complexity index is 200. The molecule has 1 aliphatic carbocycles. The highest BCUT2D eigenvalue weighted by Crippen LogP contribution is 2.43. The molecule has 2 heteroatoms. The van der Waals surface area contributed by atoms with Crippen molar-refractivity contribution in [2.45, 2.75) is 51.6 Å². The molecule has 1 aliphatic heterocycles. The van der Waals surface area contributed by atoms with Gasteiger partial charge in [-0.2, -0.15) is 0 Å². The predicted octanol–water partition coefficient (Wildman–Crippen LogP) is 1.86. The molecule has 1 saturated carbocycles. The molecule has 2 unspecified atom stereocenters. The molecule has 0 amide bonds. The van der Waals surface area contributed by atoms with Crippen molar-refractivity contribution in [3.8, 4) is 0 Å². The molecule has 1 N–H and O–H groups in total. The Hall–Kier alpha value is -0.0800. The van der Waals surface area contributed by atoms with Crippen LogP contribution in [0.2, 0.25) is 0 Å². The Morgan fingerprint density at radius 1 is 1.43 bits per heavy atom. The van der Waals surface area contributed by atoms with Gasteiger partial charge in [0.25, 0.3) is 0 Å². The molecule has 2 nitrogen and oxygen atoms in total. The van der Waals surface area contributed by atoms with Crippen molar-refractivity contribution >= 4 is 0 Å². The van der Waals surface area contributed by atoms with Gasteiger partial charge in [-0.15, -0.1) is 0 Å². The van der Waals surface area contributed by atoms with Gasteiger partial charge in [-0.05, 0) is 45.6 Å². The molecule has 82 valence electrons. The topological polar surface area (TPSA) is 15.3 Å². The first-order valence-electron chi connectivity index (χ1n) is 6.15. The fraction of sp³-hybridized carbons (Fsp3) is 1.00. The van der Waals surface area contributed by atoms with E-state index in [1.807, 2.05) is 0 Å². The van der Waals surface area contributed by atoms with E-state index in [0.29, 0.717) is 11.6 Å². The summed E-state index contributed by atoms with van der Waals surface area (Å²) in [5.41, 5.74) is 0.461. The Labute approximate surface area is 88.1 Å². The third-order valence-electron chi connectivity index (χ3n) is 3.98. The van der Waals surface area contributed by atoms with Crippen LogP contribution in [0.5, 0.6) is 0 Å². The maximum atomic E-state index is 3.64. The van der Waals surface area contributed by atoms with E-state index in [4.69, 9.17) is 0 Å². The summed E-state index contributed by atoms with van der Waals surface area (Å²) in [7, 11) is 0. The molecule has 0 aromatic rings. The SMILES string of the molecule is CCCN1CC(C)NCC1(C)C1CC1. The second-order valence-corrected chi connectivity index (χ2v) is 5.36. The van der Waals surface area contributed by atoms with Gasteiger partial charge >= 0.3 is 0 Å². The second kappa shape index (κ2) is 3.82. The molecule has 1 heterocycles. The fourth-order valence-electron chi connectivity index (χ4n) is 2.82. The second-order valence-electron chi connectivity index (χ2n) is 5.36. The van der Waals surface area contributed by atoms with Gasteiger partial charge < -0.3 is 5.32 Å². The third kappa shape index (κ3) is 1.82. The summed E-state index contributed by atoms with van der Waals surface area (Å²) in [6.45, 7) is 10.8. The van der Waals surface area contributed by atoms with Crippen molar-refractivity contribution in [2.24, 2.45) is 5.92 Å². The lowest BCUT2D eigenvalue weighted by atomic mass is 9.89. The van der Waals surface area contributed by atoms with Crippen molar-refractivity contribution in [3.05, 3.63) is 0 Å². The highest BCUT2D eigenvalue weighted by molar-refractivity contribution is 5.04. The van der Waals surface area contributed by atoms with Gasteiger partial charge in [-0.25, -0.2) is 0 Å². The van der Waals surface area contributed by atoms with Crippen molar-refractivity contribution in [2.75, 3.05) is 19.6 Å². The number of hydrogen-bond donors (Lipinski definition) is 1. The van der Waals surface area contributed by atoms with E-state index in [9.17, 15) is 0 Å². The van der Waals surface area contributed by atoms with Crippen LogP contribution >= 0.6 is 0 Å². The molecular weight excluding hydrogens is 172 g/mol. The van der Waals surface area contributed by atoms with E-state index in [1.54, 1.807) is 0 Å². The minimum atomic E-state index is 0.461. The molecule has 2 aliphatic rings. The fourth-order valence-corrected chi connectivity index (χ4v) is 2.82. The molecule has 0 spiro atoms. The van der Waals surface area contributed by atoms with Crippen molar-refractivity contribution < 1.29 is 0 Å².